The first kappa shape index (κ1) is 22.6. The van der Waals surface area contributed by atoms with Gasteiger partial charge in [-0.3, -0.25) is 9.59 Å². The Morgan fingerprint density at radius 1 is 1.41 bits per heavy atom. The number of amides is 2. The number of hydrazone groups is 1. The molecular formula is C16H18ClN3O8S. The van der Waals surface area contributed by atoms with E-state index in [1.165, 1.54) is 0 Å². The van der Waals surface area contributed by atoms with E-state index in [-0.39, 0.29) is 17.0 Å². The molecule has 29 heavy (non-hydrogen) atoms. The molecule has 1 heterocycles. The van der Waals surface area contributed by atoms with Crippen LogP contribution < -0.4 is 5.43 Å². The van der Waals surface area contributed by atoms with Crippen LogP contribution in [0.4, 0.5) is 0 Å². The predicted molar refractivity (Wildman–Crippen MR) is 102 cm³/mol. The number of phenolic OH excluding ortho intramolecular Hbond substituents is 2. The van der Waals surface area contributed by atoms with Gasteiger partial charge in [0.2, 0.25) is 5.91 Å². The van der Waals surface area contributed by atoms with Crippen LogP contribution in [-0.2, 0) is 20.7 Å². The molecule has 0 aromatic heterocycles. The summed E-state index contributed by atoms with van der Waals surface area (Å²) in [5.74, 6) is -4.10. The lowest BCUT2D eigenvalue weighted by molar-refractivity contribution is -0.161. The highest BCUT2D eigenvalue weighted by Gasteiger charge is 2.53. The van der Waals surface area contributed by atoms with Crippen molar-refractivity contribution in [2.75, 3.05) is 0 Å². The summed E-state index contributed by atoms with van der Waals surface area (Å²) in [6.07, 6.45) is 0.862. The second-order valence-corrected chi connectivity index (χ2v) is 8.33. The molecule has 11 nitrogen and oxygen atoms in total. The van der Waals surface area contributed by atoms with Crippen LogP contribution in [0.3, 0.4) is 0 Å². The van der Waals surface area contributed by atoms with E-state index in [0.717, 1.165) is 30.2 Å². The van der Waals surface area contributed by atoms with E-state index in [2.05, 4.69) is 5.10 Å². The minimum absolute atomic E-state index is 0.106. The zero-order valence-corrected chi connectivity index (χ0v) is 16.8. The molecule has 1 fully saturated rings. The standard InChI is InChI=1S/C16H18ClN3O8S/c1-7-3-12(23)20(7)13(15(25)26)16(2,29(27)28)6-18-19-14(24)8-4-10(21)11(22)5-9(8)17/h4-7,13,21-22H,3H2,1-2H3,(H,19,24)(H,25,26)(H,27,28)/b18-6+/t7-,13+,16+/m1/s1. The van der Waals surface area contributed by atoms with Gasteiger partial charge in [-0.05, 0) is 19.9 Å². The monoisotopic (exact) mass is 447 g/mol. The van der Waals surface area contributed by atoms with Crippen molar-refractivity contribution in [2.24, 2.45) is 5.10 Å². The fourth-order valence-electron chi connectivity index (χ4n) is 2.84. The van der Waals surface area contributed by atoms with Gasteiger partial charge in [0, 0.05) is 24.7 Å². The lowest BCUT2D eigenvalue weighted by atomic mass is 9.92. The largest absolute Gasteiger partial charge is 0.504 e. The highest BCUT2D eigenvalue weighted by Crippen LogP contribution is 2.32. The van der Waals surface area contributed by atoms with Crippen LogP contribution in [-0.4, -0.2) is 69.8 Å². The molecule has 0 saturated carbocycles. The molecule has 4 atom stereocenters. The van der Waals surface area contributed by atoms with Crippen molar-refractivity contribution in [1.82, 2.24) is 10.3 Å². The van der Waals surface area contributed by atoms with Crippen LogP contribution in [0.25, 0.3) is 0 Å². The number of nitrogens with zero attached hydrogens (tertiary/aromatic N) is 2. The molecule has 1 aromatic rings. The van der Waals surface area contributed by atoms with Crippen LogP contribution in [0.2, 0.25) is 5.02 Å². The Morgan fingerprint density at radius 3 is 2.48 bits per heavy atom. The maximum Gasteiger partial charge on any atom is 0.328 e. The second-order valence-electron chi connectivity index (χ2n) is 6.55. The summed E-state index contributed by atoms with van der Waals surface area (Å²) in [6.45, 7) is 2.70. The summed E-state index contributed by atoms with van der Waals surface area (Å²) in [5.41, 5.74) is 1.74. The molecule has 0 spiro atoms. The van der Waals surface area contributed by atoms with E-state index in [9.17, 15) is 38.5 Å². The SMILES string of the molecule is C[C@@H]1CC(=O)N1[C@@H](C(=O)O)[C@](C)(/C=N/NC(=O)c1cc(O)c(O)cc1Cl)S(=O)O. The predicted octanol–water partition coefficient (Wildman–Crippen LogP) is 0.521. The van der Waals surface area contributed by atoms with Gasteiger partial charge < -0.3 is 24.8 Å². The van der Waals surface area contributed by atoms with E-state index in [1.807, 2.05) is 5.43 Å². The van der Waals surface area contributed by atoms with Gasteiger partial charge in [-0.1, -0.05) is 11.6 Å². The van der Waals surface area contributed by atoms with Gasteiger partial charge in [-0.15, -0.1) is 0 Å². The highest BCUT2D eigenvalue weighted by atomic mass is 35.5. The number of aliphatic carboxylic acids is 1. The van der Waals surface area contributed by atoms with Gasteiger partial charge in [-0.25, -0.2) is 14.4 Å². The molecule has 2 amide bonds. The number of carboxylic acid groups (broad SMARTS) is 1. The maximum atomic E-state index is 12.2. The van der Waals surface area contributed by atoms with E-state index in [1.54, 1.807) is 6.92 Å². The molecule has 0 radical (unpaired) electrons. The zero-order chi connectivity index (χ0) is 22.1. The molecule has 158 valence electrons. The molecule has 5 N–H and O–H groups in total. The lowest BCUT2D eigenvalue weighted by Gasteiger charge is -2.46. The van der Waals surface area contributed by atoms with Crippen molar-refractivity contribution in [2.45, 2.75) is 37.1 Å². The number of carbonyl (C=O) groups is 3. The number of aromatic hydroxyl groups is 2. The van der Waals surface area contributed by atoms with Gasteiger partial charge in [0.1, 0.15) is 4.75 Å². The van der Waals surface area contributed by atoms with Crippen LogP contribution >= 0.6 is 11.6 Å². The average molecular weight is 448 g/mol. The number of likely N-dealkylation sites (tertiary alicyclic amines) is 1. The zero-order valence-electron chi connectivity index (χ0n) is 15.2. The van der Waals surface area contributed by atoms with E-state index < -0.39 is 57.2 Å². The van der Waals surface area contributed by atoms with E-state index in [4.69, 9.17) is 11.6 Å². The normalized spacial score (nSPS) is 20.6. The number of phenols is 2. The Kier molecular flexibility index (Phi) is 6.50. The summed E-state index contributed by atoms with van der Waals surface area (Å²) in [7, 11) is 0. The minimum atomic E-state index is -2.78. The lowest BCUT2D eigenvalue weighted by Crippen LogP contribution is -2.67. The number of hydrogen-bond donors (Lipinski definition) is 5. The summed E-state index contributed by atoms with van der Waals surface area (Å²) in [6, 6.07) is -0.341. The number of nitrogens with one attached hydrogen (secondary N) is 1. The van der Waals surface area contributed by atoms with E-state index in [0.29, 0.717) is 0 Å². The smallest absolute Gasteiger partial charge is 0.328 e. The fraction of sp³-hybridized carbons (Fsp3) is 0.375. The quantitative estimate of drug-likeness (QED) is 0.132. The number of rotatable bonds is 7. The first-order valence-electron chi connectivity index (χ1n) is 8.11. The number of carbonyl (C=O) groups excluding carboxylic acids is 2. The van der Waals surface area contributed by atoms with Gasteiger partial charge in [0.05, 0.1) is 10.6 Å². The van der Waals surface area contributed by atoms with Crippen LogP contribution in [0.1, 0.15) is 30.6 Å². The molecule has 1 unspecified atom stereocenters. The van der Waals surface area contributed by atoms with Crippen molar-refractivity contribution in [3.63, 3.8) is 0 Å². The molecule has 1 saturated heterocycles. The Bertz CT molecular complexity index is 924. The summed E-state index contributed by atoms with van der Waals surface area (Å²) in [5, 5.41) is 31.7. The molecule has 1 aliphatic rings. The third-order valence-electron chi connectivity index (χ3n) is 4.46. The van der Waals surface area contributed by atoms with Gasteiger partial charge in [0.15, 0.2) is 28.6 Å². The Labute approximate surface area is 172 Å². The molecule has 13 heteroatoms. The van der Waals surface area contributed by atoms with Gasteiger partial charge >= 0.3 is 5.97 Å². The summed E-state index contributed by atoms with van der Waals surface area (Å²) >= 11 is 3.03. The van der Waals surface area contributed by atoms with Crippen molar-refractivity contribution in [1.29, 1.82) is 0 Å². The molecule has 0 aliphatic carbocycles. The second kappa shape index (κ2) is 8.35. The number of benzene rings is 1. The van der Waals surface area contributed by atoms with Crippen molar-refractivity contribution < 1.29 is 38.5 Å². The molecule has 0 bridgehead atoms. The Hall–Kier alpha value is -2.70. The number of hydrogen-bond acceptors (Lipinski definition) is 7. The fourth-order valence-corrected chi connectivity index (χ4v) is 3.64. The third-order valence-corrected chi connectivity index (χ3v) is 5.85. The topological polar surface area (TPSA) is 177 Å². The third kappa shape index (κ3) is 4.33. The van der Waals surface area contributed by atoms with Crippen molar-refractivity contribution >= 4 is 46.7 Å². The van der Waals surface area contributed by atoms with Crippen molar-refractivity contribution in [3.8, 4) is 11.5 Å². The van der Waals surface area contributed by atoms with Crippen LogP contribution in [0.15, 0.2) is 17.2 Å². The first-order valence-corrected chi connectivity index (χ1v) is 9.59. The summed E-state index contributed by atoms with van der Waals surface area (Å²) in [4.78, 5) is 36.7. The average Bonchev–Trinajstić information content (AvgIpc) is 2.61. The first-order chi connectivity index (χ1) is 13.4. The minimum Gasteiger partial charge on any atom is -0.504 e. The molecule has 1 aromatic carbocycles. The Balaban J connectivity index is 2.29. The number of halogens is 1. The van der Waals surface area contributed by atoms with E-state index >= 15 is 0 Å². The number of β-lactam (4-membered cyclic amide) rings is 1. The van der Waals surface area contributed by atoms with Crippen LogP contribution in [0.5, 0.6) is 11.5 Å². The summed E-state index contributed by atoms with van der Waals surface area (Å²) < 4.78 is 19.6. The van der Waals surface area contributed by atoms with Crippen LogP contribution in [0, 0.1) is 0 Å². The van der Waals surface area contributed by atoms with Crippen molar-refractivity contribution in [3.05, 3.63) is 22.7 Å². The Morgan fingerprint density at radius 2 is 2.00 bits per heavy atom. The molecular weight excluding hydrogens is 430 g/mol. The number of carboxylic acids is 1. The van der Waals surface area contributed by atoms with Gasteiger partial charge in [-0.2, -0.15) is 5.10 Å². The highest BCUT2D eigenvalue weighted by molar-refractivity contribution is 7.81. The molecule has 2 rings (SSSR count). The van der Waals surface area contributed by atoms with Gasteiger partial charge in [0.25, 0.3) is 5.91 Å². The maximum absolute atomic E-state index is 12.2. The molecule has 1 aliphatic heterocycles.